The van der Waals surface area contributed by atoms with Crippen molar-refractivity contribution in [3.05, 3.63) is 16.4 Å². The predicted octanol–water partition coefficient (Wildman–Crippen LogP) is 3.46. The molecule has 0 aliphatic rings. The summed E-state index contributed by atoms with van der Waals surface area (Å²) in [7, 11) is 0. The highest BCUT2D eigenvalue weighted by Gasteiger charge is 2.32. The van der Waals surface area contributed by atoms with E-state index in [1.807, 2.05) is 39.3 Å². The van der Waals surface area contributed by atoms with Crippen molar-refractivity contribution in [2.75, 3.05) is 0 Å². The zero-order valence-corrected chi connectivity index (χ0v) is 12.9. The van der Waals surface area contributed by atoms with Crippen LogP contribution in [0, 0.1) is 5.92 Å². The third kappa shape index (κ3) is 2.89. The zero-order valence-electron chi connectivity index (χ0n) is 12.1. The molecule has 0 saturated heterocycles. The smallest absolute Gasteiger partial charge is 0.0850 e. The Morgan fingerprint density at radius 3 is 2.33 bits per heavy atom. The summed E-state index contributed by atoms with van der Waals surface area (Å²) >= 11 is 6.38. The van der Waals surface area contributed by atoms with E-state index >= 15 is 0 Å². The molecule has 3 nitrogen and oxygen atoms in total. The lowest BCUT2D eigenvalue weighted by atomic mass is 9.83. The van der Waals surface area contributed by atoms with E-state index in [0.717, 1.165) is 35.8 Å². The van der Waals surface area contributed by atoms with Gasteiger partial charge in [0.05, 0.1) is 22.0 Å². The average Bonchev–Trinajstić information content (AvgIpc) is 2.65. The second-order valence-electron chi connectivity index (χ2n) is 5.17. The Kier molecular flexibility index (Phi) is 5.23. The van der Waals surface area contributed by atoms with Gasteiger partial charge >= 0.3 is 0 Å². The predicted molar refractivity (Wildman–Crippen MR) is 76.1 cm³/mol. The molecule has 0 fully saturated rings. The molecule has 1 N–H and O–H groups in total. The van der Waals surface area contributed by atoms with Crippen LogP contribution in [0.3, 0.4) is 0 Å². The summed E-state index contributed by atoms with van der Waals surface area (Å²) < 4.78 is 1.92. The van der Waals surface area contributed by atoms with E-state index in [4.69, 9.17) is 11.6 Å². The minimum Gasteiger partial charge on any atom is -0.389 e. The fourth-order valence-corrected chi connectivity index (χ4v) is 2.55. The normalized spacial score (nSPS) is 15.1. The van der Waals surface area contributed by atoms with Gasteiger partial charge in [0.2, 0.25) is 0 Å². The number of halogens is 1. The van der Waals surface area contributed by atoms with E-state index < -0.39 is 5.60 Å². The highest BCUT2D eigenvalue weighted by molar-refractivity contribution is 6.31. The van der Waals surface area contributed by atoms with Gasteiger partial charge in [-0.1, -0.05) is 39.3 Å². The van der Waals surface area contributed by atoms with E-state index in [0.29, 0.717) is 6.42 Å². The van der Waals surface area contributed by atoms with Crippen LogP contribution in [-0.4, -0.2) is 20.5 Å². The Hall–Kier alpha value is -0.540. The van der Waals surface area contributed by atoms with Gasteiger partial charge in [0.25, 0.3) is 0 Å². The first-order valence-electron chi connectivity index (χ1n) is 6.85. The first-order chi connectivity index (χ1) is 8.39. The molecule has 1 atom stereocenters. The van der Waals surface area contributed by atoms with Crippen molar-refractivity contribution in [2.24, 2.45) is 5.92 Å². The Morgan fingerprint density at radius 1 is 1.33 bits per heavy atom. The Balaban J connectivity index is 3.13. The molecule has 104 valence electrons. The number of nitrogens with zero attached hydrogens (tertiary/aromatic N) is 2. The molecular formula is C14H25ClN2O. The van der Waals surface area contributed by atoms with Crippen LogP contribution in [0.25, 0.3) is 0 Å². The van der Waals surface area contributed by atoms with Gasteiger partial charge in [0, 0.05) is 13.0 Å². The van der Waals surface area contributed by atoms with Gasteiger partial charge in [-0.25, -0.2) is 0 Å². The first kappa shape index (κ1) is 15.5. The van der Waals surface area contributed by atoms with E-state index in [-0.39, 0.29) is 5.92 Å². The Morgan fingerprint density at radius 2 is 1.94 bits per heavy atom. The van der Waals surface area contributed by atoms with Crippen LogP contribution in [0.4, 0.5) is 0 Å². The molecule has 0 saturated carbocycles. The molecule has 0 aromatic carbocycles. The Labute approximate surface area is 115 Å². The summed E-state index contributed by atoms with van der Waals surface area (Å²) in [6, 6.07) is 0. The third-order valence-corrected chi connectivity index (χ3v) is 4.29. The quantitative estimate of drug-likeness (QED) is 0.861. The van der Waals surface area contributed by atoms with E-state index in [2.05, 4.69) is 5.10 Å². The number of aryl methyl sites for hydroxylation is 2. The SMILES string of the molecule is CCc1nn(CC)c(CC(O)(CC)C(C)C)c1Cl. The van der Waals surface area contributed by atoms with Gasteiger partial charge in [-0.3, -0.25) is 4.68 Å². The minimum absolute atomic E-state index is 0.198. The maximum atomic E-state index is 10.7. The van der Waals surface area contributed by atoms with Gasteiger partial charge < -0.3 is 5.11 Å². The van der Waals surface area contributed by atoms with Gasteiger partial charge in [-0.15, -0.1) is 0 Å². The van der Waals surface area contributed by atoms with Gasteiger partial charge in [-0.05, 0) is 25.7 Å². The van der Waals surface area contributed by atoms with E-state index in [1.54, 1.807) is 0 Å². The first-order valence-corrected chi connectivity index (χ1v) is 7.23. The van der Waals surface area contributed by atoms with Crippen molar-refractivity contribution in [3.8, 4) is 0 Å². The maximum absolute atomic E-state index is 10.7. The van der Waals surface area contributed by atoms with Crippen LogP contribution < -0.4 is 0 Å². The van der Waals surface area contributed by atoms with Crippen LogP contribution in [0.5, 0.6) is 0 Å². The second-order valence-corrected chi connectivity index (χ2v) is 5.54. The van der Waals surface area contributed by atoms with E-state index in [1.165, 1.54) is 0 Å². The molecule has 1 aromatic heterocycles. The fraction of sp³-hybridized carbons (Fsp3) is 0.786. The molecule has 18 heavy (non-hydrogen) atoms. The summed E-state index contributed by atoms with van der Waals surface area (Å²) in [4.78, 5) is 0. The van der Waals surface area contributed by atoms with Gasteiger partial charge in [-0.2, -0.15) is 5.10 Å². The molecule has 1 rings (SSSR count). The summed E-state index contributed by atoms with van der Waals surface area (Å²) in [5, 5.41) is 15.9. The average molecular weight is 273 g/mol. The van der Waals surface area contributed by atoms with Crippen molar-refractivity contribution in [2.45, 2.75) is 66.0 Å². The zero-order chi connectivity index (χ0) is 13.9. The molecule has 0 aliphatic heterocycles. The number of aromatic nitrogens is 2. The van der Waals surface area contributed by atoms with E-state index in [9.17, 15) is 5.11 Å². The monoisotopic (exact) mass is 272 g/mol. The maximum Gasteiger partial charge on any atom is 0.0850 e. The summed E-state index contributed by atoms with van der Waals surface area (Å²) in [6.45, 7) is 11.0. The van der Waals surface area contributed by atoms with Crippen molar-refractivity contribution >= 4 is 11.6 Å². The van der Waals surface area contributed by atoms with Crippen LogP contribution in [0.2, 0.25) is 5.02 Å². The highest BCUT2D eigenvalue weighted by Crippen LogP contribution is 2.30. The lowest BCUT2D eigenvalue weighted by Crippen LogP contribution is -2.37. The molecule has 1 heterocycles. The molecule has 0 amide bonds. The molecule has 4 heteroatoms. The third-order valence-electron chi connectivity index (χ3n) is 3.85. The number of hydrogen-bond acceptors (Lipinski definition) is 2. The molecule has 0 spiro atoms. The molecule has 1 aromatic rings. The summed E-state index contributed by atoms with van der Waals surface area (Å²) in [6.07, 6.45) is 2.11. The number of rotatable bonds is 6. The largest absolute Gasteiger partial charge is 0.389 e. The van der Waals surface area contributed by atoms with Crippen molar-refractivity contribution < 1.29 is 5.11 Å². The highest BCUT2D eigenvalue weighted by atomic mass is 35.5. The number of hydrogen-bond donors (Lipinski definition) is 1. The van der Waals surface area contributed by atoms with Gasteiger partial charge in [0.15, 0.2) is 0 Å². The topological polar surface area (TPSA) is 38.0 Å². The van der Waals surface area contributed by atoms with Crippen molar-refractivity contribution in [1.82, 2.24) is 9.78 Å². The molecule has 0 bridgehead atoms. The Bertz CT molecular complexity index is 401. The van der Waals surface area contributed by atoms with Crippen LogP contribution >= 0.6 is 11.6 Å². The van der Waals surface area contributed by atoms with Gasteiger partial charge in [0.1, 0.15) is 0 Å². The molecular weight excluding hydrogens is 248 g/mol. The summed E-state index contributed by atoms with van der Waals surface area (Å²) in [5.41, 5.74) is 1.19. The van der Waals surface area contributed by atoms with Crippen molar-refractivity contribution in [1.29, 1.82) is 0 Å². The lowest BCUT2D eigenvalue weighted by molar-refractivity contribution is -0.00994. The standard InChI is InChI=1S/C14H25ClN2O/c1-6-11-13(15)12(17(8-3)16-11)9-14(18,7-2)10(4)5/h10,18H,6-9H2,1-5H3. The fourth-order valence-electron chi connectivity index (χ4n) is 2.21. The number of aliphatic hydroxyl groups is 1. The molecule has 1 unspecified atom stereocenters. The molecule has 0 radical (unpaired) electrons. The van der Waals surface area contributed by atoms with Crippen LogP contribution in [0.1, 0.15) is 52.4 Å². The van der Waals surface area contributed by atoms with Crippen LogP contribution in [-0.2, 0) is 19.4 Å². The molecule has 0 aliphatic carbocycles. The second kappa shape index (κ2) is 6.07. The summed E-state index contributed by atoms with van der Waals surface area (Å²) in [5.74, 6) is 0.198. The minimum atomic E-state index is -0.707. The lowest BCUT2D eigenvalue weighted by Gasteiger charge is -2.31. The van der Waals surface area contributed by atoms with Crippen molar-refractivity contribution in [3.63, 3.8) is 0 Å². The van der Waals surface area contributed by atoms with Crippen LogP contribution in [0.15, 0.2) is 0 Å².